The molecule has 0 aliphatic heterocycles. The minimum absolute atomic E-state index is 0.299. The maximum absolute atomic E-state index is 12.8. The lowest BCUT2D eigenvalue weighted by Gasteiger charge is -2.08. The van der Waals surface area contributed by atoms with E-state index in [2.05, 4.69) is 10.5 Å². The van der Waals surface area contributed by atoms with Crippen LogP contribution >= 0.6 is 0 Å². The molecule has 1 amide bonds. The third-order valence-corrected chi connectivity index (χ3v) is 5.49. The van der Waals surface area contributed by atoms with E-state index in [1.807, 2.05) is 78.9 Å². The molecule has 0 aliphatic rings. The fourth-order valence-electron chi connectivity index (χ4n) is 3.87. The van der Waals surface area contributed by atoms with Gasteiger partial charge in [-0.1, -0.05) is 84.9 Å². The van der Waals surface area contributed by atoms with Crippen molar-refractivity contribution in [1.82, 2.24) is 5.43 Å². The molecule has 34 heavy (non-hydrogen) atoms. The van der Waals surface area contributed by atoms with Gasteiger partial charge in [-0.2, -0.15) is 5.10 Å². The average Bonchev–Trinajstić information content (AvgIpc) is 2.88. The van der Waals surface area contributed by atoms with Crippen LogP contribution in [0, 0.1) is 0 Å². The maximum atomic E-state index is 12.8. The number of nitrogens with zero attached hydrogens (tertiary/aromatic N) is 1. The summed E-state index contributed by atoms with van der Waals surface area (Å²) in [7, 11) is 0. The van der Waals surface area contributed by atoms with Crippen LogP contribution in [0.4, 0.5) is 0 Å². The highest BCUT2D eigenvalue weighted by Crippen LogP contribution is 2.21. The summed E-state index contributed by atoms with van der Waals surface area (Å²) >= 11 is 0. The molecule has 0 fully saturated rings. The van der Waals surface area contributed by atoms with Gasteiger partial charge in [0.2, 0.25) is 0 Å². The lowest BCUT2D eigenvalue weighted by molar-refractivity contribution is 0.0736. The number of carbonyl (C=O) groups is 2. The molecular formula is C29H20N2O3. The summed E-state index contributed by atoms with van der Waals surface area (Å²) < 4.78 is 5.61. The van der Waals surface area contributed by atoms with Crippen molar-refractivity contribution in [1.29, 1.82) is 0 Å². The van der Waals surface area contributed by atoms with Crippen molar-refractivity contribution in [2.45, 2.75) is 0 Å². The first kappa shape index (κ1) is 21.1. The van der Waals surface area contributed by atoms with Gasteiger partial charge >= 0.3 is 5.97 Å². The summed E-state index contributed by atoms with van der Waals surface area (Å²) in [5.74, 6) is -0.344. The fraction of sp³-hybridized carbons (Fsp3) is 0. The van der Waals surface area contributed by atoms with Gasteiger partial charge in [-0.05, 0) is 51.4 Å². The number of esters is 1. The number of benzene rings is 5. The molecule has 5 aromatic carbocycles. The van der Waals surface area contributed by atoms with Crippen molar-refractivity contribution in [3.8, 4) is 5.75 Å². The van der Waals surface area contributed by atoms with Gasteiger partial charge in [0.05, 0.1) is 11.8 Å². The minimum atomic E-state index is -0.435. The molecule has 0 radical (unpaired) electrons. The largest absolute Gasteiger partial charge is 0.423 e. The molecule has 0 unspecified atom stereocenters. The van der Waals surface area contributed by atoms with Crippen molar-refractivity contribution >= 4 is 39.6 Å². The van der Waals surface area contributed by atoms with E-state index in [1.165, 1.54) is 6.21 Å². The number of hydrogen-bond acceptors (Lipinski definition) is 4. The van der Waals surface area contributed by atoms with E-state index in [-0.39, 0.29) is 5.91 Å². The maximum Gasteiger partial charge on any atom is 0.344 e. The summed E-state index contributed by atoms with van der Waals surface area (Å²) in [6, 6.07) is 33.4. The number of fused-ring (bicyclic) bond motifs is 2. The molecule has 0 bridgehead atoms. The number of amides is 1. The highest BCUT2D eigenvalue weighted by Gasteiger charge is 2.12. The molecular weight excluding hydrogens is 424 g/mol. The van der Waals surface area contributed by atoms with Crippen LogP contribution in [-0.2, 0) is 0 Å². The summed E-state index contributed by atoms with van der Waals surface area (Å²) in [5, 5.41) is 7.74. The Morgan fingerprint density at radius 2 is 1.26 bits per heavy atom. The van der Waals surface area contributed by atoms with Crippen molar-refractivity contribution in [3.63, 3.8) is 0 Å². The van der Waals surface area contributed by atoms with Crippen molar-refractivity contribution in [2.75, 3.05) is 0 Å². The Balaban J connectivity index is 1.29. The van der Waals surface area contributed by atoms with Crippen LogP contribution in [-0.4, -0.2) is 18.1 Å². The number of rotatable bonds is 5. The number of ether oxygens (including phenoxy) is 1. The predicted octanol–water partition coefficient (Wildman–Crippen LogP) is 5.98. The van der Waals surface area contributed by atoms with E-state index in [9.17, 15) is 9.59 Å². The first-order chi connectivity index (χ1) is 16.7. The lowest BCUT2D eigenvalue weighted by Crippen LogP contribution is -2.17. The third-order valence-electron chi connectivity index (χ3n) is 5.49. The molecule has 0 aliphatic carbocycles. The molecule has 5 aromatic rings. The second-order valence-corrected chi connectivity index (χ2v) is 7.71. The van der Waals surface area contributed by atoms with Crippen LogP contribution in [0.5, 0.6) is 5.75 Å². The standard InChI is InChI=1S/C29H20N2O3/c32-28(26-16-6-11-21-9-1-3-14-24(21)26)31-30-19-20-8-5-13-23(18-20)34-29(33)27-17-7-12-22-10-2-4-15-25(22)27/h1-19H,(H,31,32)/b30-19-. The highest BCUT2D eigenvalue weighted by atomic mass is 16.5. The fourth-order valence-corrected chi connectivity index (χ4v) is 3.87. The Hall–Kier alpha value is -4.77. The smallest absolute Gasteiger partial charge is 0.344 e. The molecule has 164 valence electrons. The lowest BCUT2D eigenvalue weighted by atomic mass is 10.0. The van der Waals surface area contributed by atoms with Crippen LogP contribution in [0.15, 0.2) is 114 Å². The van der Waals surface area contributed by atoms with E-state index in [0.29, 0.717) is 22.4 Å². The molecule has 5 rings (SSSR count). The van der Waals surface area contributed by atoms with Crippen LogP contribution in [0.25, 0.3) is 21.5 Å². The van der Waals surface area contributed by atoms with Crippen LogP contribution in [0.1, 0.15) is 26.3 Å². The zero-order valence-corrected chi connectivity index (χ0v) is 18.1. The van der Waals surface area contributed by atoms with Gasteiger partial charge < -0.3 is 4.74 Å². The Morgan fingerprint density at radius 3 is 2.00 bits per heavy atom. The molecule has 0 atom stereocenters. The topological polar surface area (TPSA) is 67.8 Å². The van der Waals surface area contributed by atoms with Crippen LogP contribution in [0.2, 0.25) is 0 Å². The molecule has 0 saturated carbocycles. The average molecular weight is 444 g/mol. The van der Waals surface area contributed by atoms with E-state index in [4.69, 9.17) is 4.74 Å². The van der Waals surface area contributed by atoms with Gasteiger partial charge in [0.1, 0.15) is 5.75 Å². The minimum Gasteiger partial charge on any atom is -0.423 e. The van der Waals surface area contributed by atoms with E-state index in [1.54, 1.807) is 30.3 Å². The monoisotopic (exact) mass is 444 g/mol. The van der Waals surface area contributed by atoms with Crippen molar-refractivity contribution in [3.05, 3.63) is 126 Å². The predicted molar refractivity (Wildman–Crippen MR) is 134 cm³/mol. The third kappa shape index (κ3) is 4.40. The van der Waals surface area contributed by atoms with Gasteiger partial charge in [0.25, 0.3) is 5.91 Å². The van der Waals surface area contributed by atoms with Crippen molar-refractivity contribution < 1.29 is 14.3 Å². The Morgan fingerprint density at radius 1 is 0.676 bits per heavy atom. The molecule has 0 aromatic heterocycles. The molecule has 5 heteroatoms. The quantitative estimate of drug-likeness (QED) is 0.157. The molecule has 0 heterocycles. The first-order valence-electron chi connectivity index (χ1n) is 10.8. The number of hydrogen-bond donors (Lipinski definition) is 1. The normalized spacial score (nSPS) is 11.1. The molecule has 1 N–H and O–H groups in total. The second kappa shape index (κ2) is 9.38. The number of nitrogens with one attached hydrogen (secondary N) is 1. The van der Waals surface area contributed by atoms with Gasteiger partial charge in [-0.25, -0.2) is 10.2 Å². The van der Waals surface area contributed by atoms with Crippen LogP contribution < -0.4 is 10.2 Å². The van der Waals surface area contributed by atoms with E-state index < -0.39 is 5.97 Å². The Labute approximate surface area is 196 Å². The first-order valence-corrected chi connectivity index (χ1v) is 10.8. The number of hydrazone groups is 1. The Bertz CT molecular complexity index is 1550. The van der Waals surface area contributed by atoms with E-state index in [0.717, 1.165) is 21.5 Å². The zero-order chi connectivity index (χ0) is 23.3. The zero-order valence-electron chi connectivity index (χ0n) is 18.1. The summed E-state index contributed by atoms with van der Waals surface area (Å²) in [4.78, 5) is 25.4. The highest BCUT2D eigenvalue weighted by molar-refractivity contribution is 6.07. The van der Waals surface area contributed by atoms with Gasteiger partial charge in [-0.15, -0.1) is 0 Å². The molecule has 0 saturated heterocycles. The number of carbonyl (C=O) groups excluding carboxylic acids is 2. The molecule has 0 spiro atoms. The van der Waals surface area contributed by atoms with Gasteiger partial charge in [-0.3, -0.25) is 4.79 Å². The van der Waals surface area contributed by atoms with E-state index >= 15 is 0 Å². The summed E-state index contributed by atoms with van der Waals surface area (Å²) in [6.07, 6.45) is 1.51. The second-order valence-electron chi connectivity index (χ2n) is 7.71. The Kier molecular flexibility index (Phi) is 5.82. The summed E-state index contributed by atoms with van der Waals surface area (Å²) in [6.45, 7) is 0. The van der Waals surface area contributed by atoms with Crippen LogP contribution in [0.3, 0.4) is 0 Å². The van der Waals surface area contributed by atoms with Gasteiger partial charge in [0.15, 0.2) is 0 Å². The SMILES string of the molecule is O=C(N/N=C\c1cccc(OC(=O)c2cccc3ccccc23)c1)c1cccc2ccccc12. The molecule has 5 nitrogen and oxygen atoms in total. The summed E-state index contributed by atoms with van der Waals surface area (Å²) in [5.41, 5.74) is 4.30. The van der Waals surface area contributed by atoms with Crippen molar-refractivity contribution in [2.24, 2.45) is 5.10 Å². The van der Waals surface area contributed by atoms with Gasteiger partial charge in [0, 0.05) is 5.56 Å².